The standard InChI is InChI=1S/C26H25N3/c1-17(19-12-14-25-22(15-19)21-9-5-6-10-24(21)29-25)28-26-16-20(11-13-23(26)27)18-7-3-2-4-8-18/h2-4,7-8,11-16,28-29H,1,5-6,9-10,27H2. The Hall–Kier alpha value is -3.46. The van der Waals surface area contributed by atoms with Gasteiger partial charge in [0.15, 0.2) is 0 Å². The molecular formula is C26H25N3. The van der Waals surface area contributed by atoms with Crippen molar-refractivity contribution in [1.82, 2.24) is 4.98 Å². The molecule has 4 N–H and O–H groups in total. The molecular weight excluding hydrogens is 354 g/mol. The van der Waals surface area contributed by atoms with Gasteiger partial charge in [-0.3, -0.25) is 0 Å². The lowest BCUT2D eigenvalue weighted by Gasteiger charge is -2.14. The Kier molecular flexibility index (Phi) is 4.36. The van der Waals surface area contributed by atoms with Gasteiger partial charge in [-0.05, 0) is 72.2 Å². The number of rotatable bonds is 4. The quantitative estimate of drug-likeness (QED) is 0.360. The van der Waals surface area contributed by atoms with E-state index < -0.39 is 0 Å². The van der Waals surface area contributed by atoms with Gasteiger partial charge in [-0.15, -0.1) is 0 Å². The molecule has 1 aliphatic rings. The number of benzene rings is 3. The molecule has 3 nitrogen and oxygen atoms in total. The summed E-state index contributed by atoms with van der Waals surface area (Å²) < 4.78 is 0. The second kappa shape index (κ2) is 7.17. The van der Waals surface area contributed by atoms with Gasteiger partial charge in [0.05, 0.1) is 11.4 Å². The molecule has 0 saturated heterocycles. The first-order valence-corrected chi connectivity index (χ1v) is 10.2. The number of aromatic amines is 1. The summed E-state index contributed by atoms with van der Waals surface area (Å²) in [5, 5.41) is 4.77. The second-order valence-corrected chi connectivity index (χ2v) is 7.82. The lowest BCUT2D eigenvalue weighted by Crippen LogP contribution is -2.02. The minimum absolute atomic E-state index is 0.714. The van der Waals surface area contributed by atoms with Crippen LogP contribution >= 0.6 is 0 Å². The van der Waals surface area contributed by atoms with Crippen LogP contribution in [-0.4, -0.2) is 4.98 Å². The first-order valence-electron chi connectivity index (χ1n) is 10.2. The molecule has 3 aromatic carbocycles. The third-order valence-corrected chi connectivity index (χ3v) is 5.89. The number of fused-ring (bicyclic) bond motifs is 3. The number of nitrogens with one attached hydrogen (secondary N) is 2. The molecule has 144 valence electrons. The highest BCUT2D eigenvalue weighted by molar-refractivity contribution is 5.91. The molecule has 29 heavy (non-hydrogen) atoms. The smallest absolute Gasteiger partial charge is 0.0624 e. The van der Waals surface area contributed by atoms with Gasteiger partial charge >= 0.3 is 0 Å². The number of aryl methyl sites for hydroxylation is 2. The summed E-state index contributed by atoms with van der Waals surface area (Å²) in [5.74, 6) is 0. The summed E-state index contributed by atoms with van der Waals surface area (Å²) in [6, 6.07) is 23.0. The van der Waals surface area contributed by atoms with Gasteiger partial charge < -0.3 is 16.0 Å². The van der Waals surface area contributed by atoms with Gasteiger partial charge in [-0.1, -0.05) is 49.0 Å². The topological polar surface area (TPSA) is 53.8 Å². The maximum Gasteiger partial charge on any atom is 0.0624 e. The number of nitrogen functional groups attached to an aromatic ring is 1. The van der Waals surface area contributed by atoms with Crippen molar-refractivity contribution >= 4 is 28.0 Å². The fraction of sp³-hybridized carbons (Fsp3) is 0.154. The van der Waals surface area contributed by atoms with Crippen LogP contribution in [0.5, 0.6) is 0 Å². The monoisotopic (exact) mass is 379 g/mol. The molecule has 4 aromatic rings. The van der Waals surface area contributed by atoms with Crippen LogP contribution in [0.2, 0.25) is 0 Å². The van der Waals surface area contributed by atoms with Gasteiger partial charge in [-0.25, -0.2) is 0 Å². The summed E-state index contributed by atoms with van der Waals surface area (Å²) in [6.45, 7) is 4.29. The average molecular weight is 380 g/mol. The van der Waals surface area contributed by atoms with E-state index in [1.165, 1.54) is 40.6 Å². The van der Waals surface area contributed by atoms with Crippen molar-refractivity contribution in [3.63, 3.8) is 0 Å². The van der Waals surface area contributed by atoms with E-state index in [-0.39, 0.29) is 0 Å². The number of H-pyrrole nitrogens is 1. The minimum atomic E-state index is 0.714. The van der Waals surface area contributed by atoms with Gasteiger partial charge in [-0.2, -0.15) is 0 Å². The maximum absolute atomic E-state index is 6.25. The van der Waals surface area contributed by atoms with Crippen LogP contribution < -0.4 is 11.1 Å². The van der Waals surface area contributed by atoms with Crippen LogP contribution in [0, 0.1) is 0 Å². The summed E-state index contributed by atoms with van der Waals surface area (Å²) in [7, 11) is 0. The molecule has 1 aromatic heterocycles. The lowest BCUT2D eigenvalue weighted by molar-refractivity contribution is 0.680. The third-order valence-electron chi connectivity index (χ3n) is 5.89. The number of hydrogen-bond donors (Lipinski definition) is 3. The fourth-order valence-electron chi connectivity index (χ4n) is 4.30. The van der Waals surface area contributed by atoms with Crippen molar-refractivity contribution in [1.29, 1.82) is 0 Å². The number of aromatic nitrogens is 1. The zero-order chi connectivity index (χ0) is 19.8. The van der Waals surface area contributed by atoms with Gasteiger partial charge in [0.25, 0.3) is 0 Å². The molecule has 0 atom stereocenters. The van der Waals surface area contributed by atoms with Crippen molar-refractivity contribution in [2.24, 2.45) is 0 Å². The molecule has 0 bridgehead atoms. The van der Waals surface area contributed by atoms with Gasteiger partial charge in [0.2, 0.25) is 0 Å². The van der Waals surface area contributed by atoms with Crippen molar-refractivity contribution in [3.05, 3.63) is 90.1 Å². The van der Waals surface area contributed by atoms with Gasteiger partial charge in [0, 0.05) is 22.3 Å². The molecule has 0 unspecified atom stereocenters. The van der Waals surface area contributed by atoms with Crippen molar-refractivity contribution in [3.8, 4) is 11.1 Å². The molecule has 0 amide bonds. The van der Waals surface area contributed by atoms with Crippen LogP contribution in [0.15, 0.2) is 73.3 Å². The van der Waals surface area contributed by atoms with E-state index in [0.29, 0.717) is 5.69 Å². The summed E-state index contributed by atoms with van der Waals surface area (Å²) >= 11 is 0. The molecule has 5 rings (SSSR count). The lowest BCUT2D eigenvalue weighted by atomic mass is 9.95. The van der Waals surface area contributed by atoms with Crippen LogP contribution in [0.4, 0.5) is 11.4 Å². The van der Waals surface area contributed by atoms with E-state index in [1.807, 2.05) is 24.3 Å². The van der Waals surface area contributed by atoms with E-state index in [2.05, 4.69) is 59.3 Å². The maximum atomic E-state index is 6.25. The Balaban J connectivity index is 1.46. The molecule has 0 aliphatic heterocycles. The first kappa shape index (κ1) is 17.6. The first-order chi connectivity index (χ1) is 14.2. The molecule has 0 spiro atoms. The van der Waals surface area contributed by atoms with E-state index in [0.717, 1.165) is 35.4 Å². The van der Waals surface area contributed by atoms with Crippen LogP contribution in [-0.2, 0) is 12.8 Å². The highest BCUT2D eigenvalue weighted by Gasteiger charge is 2.16. The Morgan fingerprint density at radius 2 is 1.72 bits per heavy atom. The summed E-state index contributed by atoms with van der Waals surface area (Å²) in [6.07, 6.45) is 4.86. The molecule has 0 saturated carbocycles. The van der Waals surface area contributed by atoms with E-state index in [9.17, 15) is 0 Å². The van der Waals surface area contributed by atoms with Crippen LogP contribution in [0.1, 0.15) is 29.7 Å². The normalized spacial score (nSPS) is 13.2. The highest BCUT2D eigenvalue weighted by atomic mass is 14.9. The summed E-state index contributed by atoms with van der Waals surface area (Å²) in [5.41, 5.74) is 16.2. The van der Waals surface area contributed by atoms with Crippen molar-refractivity contribution < 1.29 is 0 Å². The van der Waals surface area contributed by atoms with Crippen molar-refractivity contribution in [2.45, 2.75) is 25.7 Å². The number of nitrogens with two attached hydrogens (primary N) is 1. The van der Waals surface area contributed by atoms with E-state index in [1.54, 1.807) is 0 Å². The van der Waals surface area contributed by atoms with Crippen LogP contribution in [0.3, 0.4) is 0 Å². The highest BCUT2D eigenvalue weighted by Crippen LogP contribution is 2.33. The Bertz CT molecular complexity index is 1200. The predicted octanol–water partition coefficient (Wildman–Crippen LogP) is 6.38. The fourth-order valence-corrected chi connectivity index (χ4v) is 4.30. The number of hydrogen-bond acceptors (Lipinski definition) is 2. The molecule has 0 radical (unpaired) electrons. The third kappa shape index (κ3) is 3.29. The molecule has 0 fully saturated rings. The minimum Gasteiger partial charge on any atom is -0.397 e. The van der Waals surface area contributed by atoms with Crippen LogP contribution in [0.25, 0.3) is 27.7 Å². The Morgan fingerprint density at radius 1 is 0.897 bits per heavy atom. The second-order valence-electron chi connectivity index (χ2n) is 7.82. The Morgan fingerprint density at radius 3 is 2.59 bits per heavy atom. The molecule has 1 heterocycles. The number of anilines is 2. The predicted molar refractivity (Wildman–Crippen MR) is 124 cm³/mol. The Labute approximate surface area is 171 Å². The van der Waals surface area contributed by atoms with Gasteiger partial charge in [0.1, 0.15) is 0 Å². The largest absolute Gasteiger partial charge is 0.397 e. The average Bonchev–Trinajstić information content (AvgIpc) is 3.14. The molecule has 3 heteroatoms. The zero-order valence-electron chi connectivity index (χ0n) is 16.5. The molecule has 1 aliphatic carbocycles. The zero-order valence-corrected chi connectivity index (χ0v) is 16.5. The SMILES string of the molecule is C=C(Nc1cc(-c2ccccc2)ccc1N)c1ccc2[nH]c3c(c2c1)CCCC3. The van der Waals surface area contributed by atoms with E-state index in [4.69, 9.17) is 5.73 Å². The van der Waals surface area contributed by atoms with E-state index >= 15 is 0 Å². The van der Waals surface area contributed by atoms with Crippen molar-refractivity contribution in [2.75, 3.05) is 11.1 Å². The summed E-state index contributed by atoms with van der Waals surface area (Å²) in [4.78, 5) is 3.60.